The van der Waals surface area contributed by atoms with Gasteiger partial charge >= 0.3 is 5.97 Å². The highest BCUT2D eigenvalue weighted by atomic mass is 32.2. The van der Waals surface area contributed by atoms with E-state index >= 15 is 0 Å². The molecular formula is C11H16N4O3S. The molecule has 104 valence electrons. The molecular weight excluding hydrogens is 268 g/mol. The van der Waals surface area contributed by atoms with E-state index in [4.69, 9.17) is 5.11 Å². The number of H-pyrrole nitrogens is 1. The lowest BCUT2D eigenvalue weighted by atomic mass is 9.96. The molecule has 7 nitrogen and oxygen atoms in total. The molecule has 0 bridgehead atoms. The Bertz CT molecular complexity index is 508. The molecule has 1 saturated heterocycles. The molecule has 0 aromatic carbocycles. The third kappa shape index (κ3) is 2.73. The maximum atomic E-state index is 12.2. The molecule has 1 aromatic heterocycles. The number of carboxylic acid groups (broad SMARTS) is 1. The van der Waals surface area contributed by atoms with Gasteiger partial charge in [-0.3, -0.25) is 9.89 Å². The highest BCUT2D eigenvalue weighted by Crippen LogP contribution is 2.23. The van der Waals surface area contributed by atoms with E-state index in [0.29, 0.717) is 17.5 Å². The van der Waals surface area contributed by atoms with Crippen LogP contribution >= 0.6 is 11.8 Å². The number of rotatable bonds is 2. The SMILES string of the molecule is CC(C)(C)c1nc(C(=O)N2CSCC2C(=O)O)n[nH]1. The molecule has 1 unspecified atom stereocenters. The number of hydrogen-bond donors (Lipinski definition) is 2. The van der Waals surface area contributed by atoms with Crippen molar-refractivity contribution in [2.75, 3.05) is 11.6 Å². The number of carboxylic acids is 1. The minimum atomic E-state index is -0.995. The van der Waals surface area contributed by atoms with Crippen LogP contribution in [0, 0.1) is 0 Å². The van der Waals surface area contributed by atoms with Gasteiger partial charge in [-0.05, 0) is 0 Å². The minimum Gasteiger partial charge on any atom is -0.480 e. The summed E-state index contributed by atoms with van der Waals surface area (Å²) in [6.07, 6.45) is 0. The maximum Gasteiger partial charge on any atom is 0.327 e. The van der Waals surface area contributed by atoms with Crippen molar-refractivity contribution in [3.05, 3.63) is 11.6 Å². The number of thioether (sulfide) groups is 1. The number of hydrogen-bond acceptors (Lipinski definition) is 5. The molecule has 2 rings (SSSR count). The number of amides is 1. The zero-order chi connectivity index (χ0) is 14.2. The van der Waals surface area contributed by atoms with Crippen molar-refractivity contribution in [2.24, 2.45) is 0 Å². The summed E-state index contributed by atoms with van der Waals surface area (Å²) in [5.41, 5.74) is -0.239. The summed E-state index contributed by atoms with van der Waals surface area (Å²) in [7, 11) is 0. The lowest BCUT2D eigenvalue weighted by Crippen LogP contribution is -2.42. The second-order valence-electron chi connectivity index (χ2n) is 5.39. The number of aliphatic carboxylic acids is 1. The van der Waals surface area contributed by atoms with Gasteiger partial charge in [0.1, 0.15) is 11.9 Å². The molecule has 0 saturated carbocycles. The van der Waals surface area contributed by atoms with E-state index in [1.807, 2.05) is 20.8 Å². The number of aromatic nitrogens is 3. The Morgan fingerprint density at radius 3 is 2.68 bits per heavy atom. The fourth-order valence-electron chi connectivity index (χ4n) is 1.67. The zero-order valence-electron chi connectivity index (χ0n) is 11.0. The lowest BCUT2D eigenvalue weighted by molar-refractivity contribution is -0.140. The summed E-state index contributed by atoms with van der Waals surface area (Å²) < 4.78 is 0. The van der Waals surface area contributed by atoms with Gasteiger partial charge in [0, 0.05) is 11.2 Å². The summed E-state index contributed by atoms with van der Waals surface area (Å²) in [6.45, 7) is 5.86. The Labute approximate surface area is 114 Å². The first-order valence-corrected chi connectivity index (χ1v) is 7.00. The number of nitrogens with zero attached hydrogens (tertiary/aromatic N) is 3. The van der Waals surface area contributed by atoms with Gasteiger partial charge in [-0.1, -0.05) is 20.8 Å². The van der Waals surface area contributed by atoms with Gasteiger partial charge in [0.05, 0.1) is 5.88 Å². The van der Waals surface area contributed by atoms with Crippen LogP contribution in [-0.2, 0) is 10.2 Å². The quantitative estimate of drug-likeness (QED) is 0.829. The third-order valence-corrected chi connectivity index (χ3v) is 3.83. The van der Waals surface area contributed by atoms with Crippen LogP contribution < -0.4 is 0 Å². The summed E-state index contributed by atoms with van der Waals surface area (Å²) in [4.78, 5) is 28.7. The molecule has 2 N–H and O–H groups in total. The van der Waals surface area contributed by atoms with E-state index in [0.717, 1.165) is 0 Å². The lowest BCUT2D eigenvalue weighted by Gasteiger charge is -2.18. The van der Waals surface area contributed by atoms with E-state index in [9.17, 15) is 9.59 Å². The predicted molar refractivity (Wildman–Crippen MR) is 70.0 cm³/mol. The van der Waals surface area contributed by atoms with E-state index in [2.05, 4.69) is 15.2 Å². The van der Waals surface area contributed by atoms with Crippen LogP contribution in [0.5, 0.6) is 0 Å². The molecule has 1 amide bonds. The zero-order valence-corrected chi connectivity index (χ0v) is 11.8. The van der Waals surface area contributed by atoms with Gasteiger partial charge < -0.3 is 10.0 Å². The Kier molecular flexibility index (Phi) is 3.53. The molecule has 1 atom stereocenters. The molecule has 0 spiro atoms. The largest absolute Gasteiger partial charge is 0.480 e. The van der Waals surface area contributed by atoms with Gasteiger partial charge in [-0.25, -0.2) is 9.78 Å². The van der Waals surface area contributed by atoms with Crippen molar-refractivity contribution in [3.8, 4) is 0 Å². The normalized spacial score (nSPS) is 19.7. The van der Waals surface area contributed by atoms with E-state index < -0.39 is 17.9 Å². The van der Waals surface area contributed by atoms with E-state index in [1.54, 1.807) is 0 Å². The minimum absolute atomic E-state index is 0.0266. The van der Waals surface area contributed by atoms with Gasteiger partial charge in [-0.2, -0.15) is 0 Å². The first-order chi connectivity index (χ1) is 8.80. The monoisotopic (exact) mass is 284 g/mol. The Morgan fingerprint density at radius 2 is 2.16 bits per heavy atom. The van der Waals surface area contributed by atoms with Crippen molar-refractivity contribution in [1.29, 1.82) is 0 Å². The number of carbonyl (C=O) groups is 2. The molecule has 2 heterocycles. The predicted octanol–water partition coefficient (Wildman–Crippen LogP) is 0.702. The van der Waals surface area contributed by atoms with Crippen LogP contribution in [0.15, 0.2) is 0 Å². The first kappa shape index (κ1) is 13.9. The summed E-state index contributed by atoms with van der Waals surface area (Å²) >= 11 is 1.41. The summed E-state index contributed by atoms with van der Waals surface area (Å²) in [6, 6.07) is -0.797. The van der Waals surface area contributed by atoms with Crippen LogP contribution in [0.1, 0.15) is 37.2 Å². The Hall–Kier alpha value is -1.57. The van der Waals surface area contributed by atoms with Crippen molar-refractivity contribution in [3.63, 3.8) is 0 Å². The first-order valence-electron chi connectivity index (χ1n) is 5.85. The van der Waals surface area contributed by atoms with Gasteiger partial charge in [-0.15, -0.1) is 16.9 Å². The van der Waals surface area contributed by atoms with Crippen LogP contribution in [-0.4, -0.2) is 54.7 Å². The van der Waals surface area contributed by atoms with E-state index in [1.165, 1.54) is 16.7 Å². The molecule has 19 heavy (non-hydrogen) atoms. The van der Waals surface area contributed by atoms with E-state index in [-0.39, 0.29) is 11.2 Å². The standard InChI is InChI=1S/C11H16N4O3S/c1-11(2,3)10-12-7(13-14-10)8(16)15-5-19-4-6(15)9(17)18/h6H,4-5H2,1-3H3,(H,17,18)(H,12,13,14). The number of nitrogens with one attached hydrogen (secondary N) is 1. The Balaban J connectivity index is 2.20. The average molecular weight is 284 g/mol. The Morgan fingerprint density at radius 1 is 1.47 bits per heavy atom. The molecule has 1 aromatic rings. The van der Waals surface area contributed by atoms with Crippen molar-refractivity contribution in [2.45, 2.75) is 32.2 Å². The average Bonchev–Trinajstić information content (AvgIpc) is 2.96. The van der Waals surface area contributed by atoms with Crippen molar-refractivity contribution >= 4 is 23.6 Å². The summed E-state index contributed by atoms with van der Waals surface area (Å²) in [5, 5.41) is 15.7. The van der Waals surface area contributed by atoms with Gasteiger partial charge in [0.25, 0.3) is 5.91 Å². The smallest absolute Gasteiger partial charge is 0.327 e. The molecule has 8 heteroatoms. The van der Waals surface area contributed by atoms with Crippen molar-refractivity contribution < 1.29 is 14.7 Å². The van der Waals surface area contributed by atoms with Gasteiger partial charge in [0.15, 0.2) is 0 Å². The van der Waals surface area contributed by atoms with Crippen LogP contribution in [0.2, 0.25) is 0 Å². The topological polar surface area (TPSA) is 99.2 Å². The number of carbonyl (C=O) groups excluding carboxylic acids is 1. The fraction of sp³-hybridized carbons (Fsp3) is 0.636. The molecule has 1 aliphatic heterocycles. The number of aromatic amines is 1. The molecule has 1 aliphatic rings. The second-order valence-corrected chi connectivity index (χ2v) is 6.39. The van der Waals surface area contributed by atoms with Crippen LogP contribution in [0.25, 0.3) is 0 Å². The summed E-state index contributed by atoms with van der Waals surface area (Å²) in [5.74, 6) is -0.0466. The maximum absolute atomic E-state index is 12.2. The molecule has 1 fully saturated rings. The molecule has 0 aliphatic carbocycles. The van der Waals surface area contributed by atoms with Crippen LogP contribution in [0.3, 0.4) is 0 Å². The fourth-order valence-corrected chi connectivity index (χ4v) is 2.81. The highest BCUT2D eigenvalue weighted by molar-refractivity contribution is 7.99. The van der Waals surface area contributed by atoms with Gasteiger partial charge in [0.2, 0.25) is 5.82 Å². The van der Waals surface area contributed by atoms with Crippen LogP contribution in [0.4, 0.5) is 0 Å². The molecule has 0 radical (unpaired) electrons. The van der Waals surface area contributed by atoms with Crippen molar-refractivity contribution in [1.82, 2.24) is 20.1 Å². The third-order valence-electron chi connectivity index (χ3n) is 2.82. The highest BCUT2D eigenvalue weighted by Gasteiger charge is 2.36. The second kappa shape index (κ2) is 4.84.